The van der Waals surface area contributed by atoms with Gasteiger partial charge in [0.2, 0.25) is 0 Å². The van der Waals surface area contributed by atoms with Crippen LogP contribution < -0.4 is 15.1 Å². The zero-order valence-electron chi connectivity index (χ0n) is 14.5. The molecular weight excluding hydrogens is 308 g/mol. The third kappa shape index (κ3) is 5.19. The highest BCUT2D eigenvalue weighted by Gasteiger charge is 2.23. The molecule has 1 aliphatic rings. The Morgan fingerprint density at radius 2 is 1.96 bits per heavy atom. The van der Waals surface area contributed by atoms with Crippen LogP contribution in [0.25, 0.3) is 0 Å². The van der Waals surface area contributed by atoms with Crippen LogP contribution in [0.1, 0.15) is 26.7 Å². The number of nitrogens with zero attached hydrogens (tertiary/aromatic N) is 2. The SMILES string of the molecule is CCC[C@H](C)NC(=O)C[NH+]1CCN(c2ccc([N+](=O)[O-])cc2)CC1. The number of non-ortho nitro benzene ring substituents is 1. The molecule has 24 heavy (non-hydrogen) atoms. The summed E-state index contributed by atoms with van der Waals surface area (Å²) in [7, 11) is 0. The van der Waals surface area contributed by atoms with Gasteiger partial charge in [0.25, 0.3) is 11.6 Å². The van der Waals surface area contributed by atoms with E-state index in [2.05, 4.69) is 17.1 Å². The first-order valence-electron chi connectivity index (χ1n) is 8.62. The molecule has 0 aromatic heterocycles. The number of quaternary nitrogens is 1. The standard InChI is InChI=1S/C17H26N4O3/c1-3-4-14(2)18-17(22)13-19-9-11-20(12-10-19)15-5-7-16(8-6-15)21(23)24/h5-8,14H,3-4,9-13H2,1-2H3,(H,18,22)/p+1/t14-/m0/s1. The maximum atomic E-state index is 12.0. The molecule has 2 N–H and O–H groups in total. The quantitative estimate of drug-likeness (QED) is 0.565. The molecule has 2 rings (SSSR count). The van der Waals surface area contributed by atoms with E-state index in [-0.39, 0.29) is 22.6 Å². The van der Waals surface area contributed by atoms with E-state index in [4.69, 9.17) is 0 Å². The number of amides is 1. The summed E-state index contributed by atoms with van der Waals surface area (Å²) in [5.74, 6) is 0.120. The molecular formula is C17H27N4O3+. The Balaban J connectivity index is 1.78. The van der Waals surface area contributed by atoms with Gasteiger partial charge >= 0.3 is 0 Å². The van der Waals surface area contributed by atoms with E-state index in [0.29, 0.717) is 6.54 Å². The lowest BCUT2D eigenvalue weighted by atomic mass is 10.2. The second-order valence-electron chi connectivity index (χ2n) is 6.44. The van der Waals surface area contributed by atoms with Crippen molar-refractivity contribution in [3.63, 3.8) is 0 Å². The van der Waals surface area contributed by atoms with Crippen LogP contribution >= 0.6 is 0 Å². The first-order chi connectivity index (χ1) is 11.5. The number of carbonyl (C=O) groups is 1. The fourth-order valence-corrected chi connectivity index (χ4v) is 3.10. The van der Waals surface area contributed by atoms with E-state index >= 15 is 0 Å². The predicted octanol–water partition coefficient (Wildman–Crippen LogP) is 0.605. The van der Waals surface area contributed by atoms with E-state index in [1.807, 2.05) is 6.92 Å². The molecule has 132 valence electrons. The Morgan fingerprint density at radius 1 is 1.33 bits per heavy atom. The van der Waals surface area contributed by atoms with Gasteiger partial charge in [0.1, 0.15) is 0 Å². The number of nitrogens with one attached hydrogen (secondary N) is 2. The van der Waals surface area contributed by atoms with Crippen molar-refractivity contribution < 1.29 is 14.6 Å². The number of carbonyl (C=O) groups excluding carboxylic acids is 1. The first kappa shape index (κ1) is 18.2. The average Bonchev–Trinajstić information content (AvgIpc) is 2.55. The summed E-state index contributed by atoms with van der Waals surface area (Å²) in [5.41, 5.74) is 1.11. The average molecular weight is 335 g/mol. The van der Waals surface area contributed by atoms with Gasteiger partial charge in [0.05, 0.1) is 31.1 Å². The van der Waals surface area contributed by atoms with Crippen molar-refractivity contribution in [2.24, 2.45) is 0 Å². The molecule has 7 heteroatoms. The molecule has 1 aromatic rings. The van der Waals surface area contributed by atoms with Crippen molar-refractivity contribution in [2.45, 2.75) is 32.7 Å². The number of nitro groups is 1. The Labute approximate surface area is 142 Å². The molecule has 0 radical (unpaired) electrons. The van der Waals surface area contributed by atoms with Gasteiger partial charge in [-0.2, -0.15) is 0 Å². The minimum Gasteiger partial charge on any atom is -0.360 e. The number of piperazine rings is 1. The molecule has 1 fully saturated rings. The van der Waals surface area contributed by atoms with E-state index in [9.17, 15) is 14.9 Å². The summed E-state index contributed by atoms with van der Waals surface area (Å²) >= 11 is 0. The van der Waals surface area contributed by atoms with E-state index in [1.165, 1.54) is 17.0 Å². The highest BCUT2D eigenvalue weighted by molar-refractivity contribution is 5.77. The van der Waals surface area contributed by atoms with Crippen LogP contribution in [0, 0.1) is 10.1 Å². The number of hydrogen-bond donors (Lipinski definition) is 2. The van der Waals surface area contributed by atoms with Gasteiger partial charge in [-0.1, -0.05) is 13.3 Å². The maximum absolute atomic E-state index is 12.0. The molecule has 0 saturated carbocycles. The molecule has 1 heterocycles. The fraction of sp³-hybridized carbons (Fsp3) is 0.588. The van der Waals surface area contributed by atoms with Gasteiger partial charge in [-0.3, -0.25) is 14.9 Å². The van der Waals surface area contributed by atoms with Crippen LogP contribution in [0.15, 0.2) is 24.3 Å². The van der Waals surface area contributed by atoms with Gasteiger partial charge in [-0.25, -0.2) is 0 Å². The summed E-state index contributed by atoms with van der Waals surface area (Å²) in [5, 5.41) is 13.8. The third-order valence-electron chi connectivity index (χ3n) is 4.44. The summed E-state index contributed by atoms with van der Waals surface area (Å²) in [6, 6.07) is 6.90. The van der Waals surface area contributed by atoms with E-state index < -0.39 is 0 Å². The van der Waals surface area contributed by atoms with Crippen LogP contribution in [0.3, 0.4) is 0 Å². The topological polar surface area (TPSA) is 79.9 Å². The molecule has 1 saturated heterocycles. The van der Waals surface area contributed by atoms with E-state index in [0.717, 1.165) is 44.7 Å². The van der Waals surface area contributed by atoms with Crippen molar-refractivity contribution in [1.29, 1.82) is 0 Å². The molecule has 1 amide bonds. The molecule has 0 spiro atoms. The van der Waals surface area contributed by atoms with Gasteiger partial charge in [-0.05, 0) is 25.5 Å². The summed E-state index contributed by atoms with van der Waals surface area (Å²) in [4.78, 5) is 25.9. The van der Waals surface area contributed by atoms with Crippen molar-refractivity contribution in [3.8, 4) is 0 Å². The number of anilines is 1. The van der Waals surface area contributed by atoms with Gasteiger partial charge in [0, 0.05) is 23.9 Å². The maximum Gasteiger partial charge on any atom is 0.275 e. The van der Waals surface area contributed by atoms with Crippen molar-refractivity contribution >= 4 is 17.3 Å². The van der Waals surface area contributed by atoms with E-state index in [1.54, 1.807) is 12.1 Å². The molecule has 1 aromatic carbocycles. The number of benzene rings is 1. The van der Waals surface area contributed by atoms with Crippen LogP contribution in [0.2, 0.25) is 0 Å². The number of nitro benzene ring substituents is 1. The number of rotatable bonds is 7. The van der Waals surface area contributed by atoms with Crippen molar-refractivity contribution in [1.82, 2.24) is 5.32 Å². The first-order valence-corrected chi connectivity index (χ1v) is 8.62. The Kier molecular flexibility index (Phi) is 6.54. The lowest BCUT2D eigenvalue weighted by Gasteiger charge is -2.33. The van der Waals surface area contributed by atoms with Crippen molar-refractivity contribution in [3.05, 3.63) is 34.4 Å². The minimum absolute atomic E-state index is 0.112. The second kappa shape index (κ2) is 8.63. The summed E-state index contributed by atoms with van der Waals surface area (Å²) < 4.78 is 0. The smallest absolute Gasteiger partial charge is 0.275 e. The van der Waals surface area contributed by atoms with Crippen molar-refractivity contribution in [2.75, 3.05) is 37.6 Å². The fourth-order valence-electron chi connectivity index (χ4n) is 3.10. The number of hydrogen-bond acceptors (Lipinski definition) is 4. The highest BCUT2D eigenvalue weighted by atomic mass is 16.6. The summed E-state index contributed by atoms with van der Waals surface area (Å²) in [6.07, 6.45) is 2.08. The Bertz CT molecular complexity index is 553. The zero-order chi connectivity index (χ0) is 17.5. The summed E-state index contributed by atoms with van der Waals surface area (Å²) in [6.45, 7) is 8.17. The molecule has 7 nitrogen and oxygen atoms in total. The van der Waals surface area contributed by atoms with Crippen LogP contribution in [0.4, 0.5) is 11.4 Å². The lowest BCUT2D eigenvalue weighted by Crippen LogP contribution is -3.16. The Hall–Kier alpha value is -2.15. The molecule has 0 unspecified atom stereocenters. The monoisotopic (exact) mass is 335 g/mol. The lowest BCUT2D eigenvalue weighted by molar-refractivity contribution is -0.892. The molecule has 0 bridgehead atoms. The highest BCUT2D eigenvalue weighted by Crippen LogP contribution is 2.19. The predicted molar refractivity (Wildman–Crippen MR) is 93.4 cm³/mol. The Morgan fingerprint density at radius 3 is 2.50 bits per heavy atom. The zero-order valence-corrected chi connectivity index (χ0v) is 14.5. The van der Waals surface area contributed by atoms with Crippen LogP contribution in [-0.4, -0.2) is 49.6 Å². The largest absolute Gasteiger partial charge is 0.360 e. The van der Waals surface area contributed by atoms with Crippen LogP contribution in [0.5, 0.6) is 0 Å². The molecule has 1 atom stereocenters. The molecule has 0 aliphatic carbocycles. The normalized spacial score (nSPS) is 16.7. The van der Waals surface area contributed by atoms with Gasteiger partial charge in [-0.15, -0.1) is 0 Å². The van der Waals surface area contributed by atoms with Crippen LogP contribution in [-0.2, 0) is 4.79 Å². The third-order valence-corrected chi connectivity index (χ3v) is 4.44. The second-order valence-corrected chi connectivity index (χ2v) is 6.44. The molecule has 1 aliphatic heterocycles. The minimum atomic E-state index is -0.385. The van der Waals surface area contributed by atoms with Gasteiger partial charge < -0.3 is 15.1 Å². The van der Waals surface area contributed by atoms with Gasteiger partial charge in [0.15, 0.2) is 6.54 Å².